The second-order valence-electron chi connectivity index (χ2n) is 5.11. The van der Waals surface area contributed by atoms with E-state index in [1.54, 1.807) is 0 Å². The zero-order valence-electron chi connectivity index (χ0n) is 10.7. The van der Waals surface area contributed by atoms with Gasteiger partial charge >= 0.3 is 0 Å². The van der Waals surface area contributed by atoms with Crippen molar-refractivity contribution in [1.29, 1.82) is 0 Å². The van der Waals surface area contributed by atoms with E-state index in [2.05, 4.69) is 34.9 Å². The van der Waals surface area contributed by atoms with E-state index < -0.39 is 0 Å². The average Bonchev–Trinajstić information content (AvgIpc) is 2.75. The van der Waals surface area contributed by atoms with E-state index in [-0.39, 0.29) is 11.7 Å². The van der Waals surface area contributed by atoms with Gasteiger partial charge in [0, 0.05) is 17.5 Å². The highest BCUT2D eigenvalue weighted by Gasteiger charge is 2.26. The first kappa shape index (κ1) is 11.1. The molecular weight excluding hydrogens is 222 g/mol. The lowest BCUT2D eigenvalue weighted by molar-refractivity contribution is -0.672. The first-order chi connectivity index (χ1) is 8.66. The summed E-state index contributed by atoms with van der Waals surface area (Å²) in [5.41, 5.74) is 4.61. The maximum absolute atomic E-state index is 12.0. The molecule has 3 rings (SSSR count). The third kappa shape index (κ3) is 1.65. The number of carbonyl (C=O) groups excluding carboxylic acids is 1. The Morgan fingerprint density at radius 2 is 1.94 bits per heavy atom. The van der Waals surface area contributed by atoms with Gasteiger partial charge in [0.2, 0.25) is 5.69 Å². The molecule has 0 atom stereocenters. The molecule has 2 aromatic rings. The van der Waals surface area contributed by atoms with Crippen molar-refractivity contribution in [2.24, 2.45) is 5.92 Å². The molecule has 0 bridgehead atoms. The van der Waals surface area contributed by atoms with Crippen LogP contribution in [0.5, 0.6) is 0 Å². The Morgan fingerprint density at radius 1 is 1.17 bits per heavy atom. The van der Waals surface area contributed by atoms with E-state index in [0.29, 0.717) is 0 Å². The zero-order valence-corrected chi connectivity index (χ0v) is 10.7. The second-order valence-corrected chi connectivity index (χ2v) is 5.11. The summed E-state index contributed by atoms with van der Waals surface area (Å²) in [6, 6.07) is 12.4. The van der Waals surface area contributed by atoms with Crippen molar-refractivity contribution >= 4 is 5.78 Å². The van der Waals surface area contributed by atoms with Crippen LogP contribution in [0.25, 0.3) is 11.3 Å². The van der Waals surface area contributed by atoms with Crippen molar-refractivity contribution in [1.82, 2.24) is 0 Å². The molecule has 2 heteroatoms. The number of hydrogen-bond acceptors (Lipinski definition) is 1. The summed E-state index contributed by atoms with van der Waals surface area (Å²) in [4.78, 5) is 12.0. The number of rotatable bonds is 2. The maximum Gasteiger partial charge on any atom is 0.213 e. The lowest BCUT2D eigenvalue weighted by Crippen LogP contribution is -2.33. The Kier molecular flexibility index (Phi) is 2.51. The van der Waals surface area contributed by atoms with Gasteiger partial charge in [0.05, 0.1) is 11.1 Å². The third-order valence-corrected chi connectivity index (χ3v) is 3.47. The van der Waals surface area contributed by atoms with Gasteiger partial charge < -0.3 is 0 Å². The number of nitrogens with zero attached hydrogens (tertiary/aromatic N) is 1. The first-order valence-electron chi connectivity index (χ1n) is 6.33. The van der Waals surface area contributed by atoms with Crippen molar-refractivity contribution in [3.8, 4) is 11.3 Å². The molecule has 0 N–H and O–H groups in total. The second kappa shape index (κ2) is 4.05. The fourth-order valence-electron chi connectivity index (χ4n) is 2.49. The number of hydrogen-bond donors (Lipinski definition) is 0. The van der Waals surface area contributed by atoms with Crippen LogP contribution >= 0.6 is 0 Å². The molecule has 0 aliphatic carbocycles. The van der Waals surface area contributed by atoms with E-state index in [1.807, 2.05) is 26.1 Å². The van der Waals surface area contributed by atoms with E-state index >= 15 is 0 Å². The van der Waals surface area contributed by atoms with Gasteiger partial charge in [0.15, 0.2) is 18.5 Å². The van der Waals surface area contributed by atoms with Crippen LogP contribution in [0.3, 0.4) is 0 Å². The number of pyridine rings is 1. The van der Waals surface area contributed by atoms with Crippen LogP contribution in [0.1, 0.15) is 29.8 Å². The molecule has 0 saturated heterocycles. The van der Waals surface area contributed by atoms with Gasteiger partial charge in [0.25, 0.3) is 0 Å². The highest BCUT2D eigenvalue weighted by atomic mass is 16.1. The Balaban J connectivity index is 2.06. The number of carbonyl (C=O) groups is 1. The predicted octanol–water partition coefficient (Wildman–Crippen LogP) is 2.84. The van der Waals surface area contributed by atoms with Gasteiger partial charge in [-0.3, -0.25) is 4.79 Å². The van der Waals surface area contributed by atoms with E-state index in [1.165, 1.54) is 16.8 Å². The molecule has 1 aromatic heterocycles. The predicted molar refractivity (Wildman–Crippen MR) is 70.3 cm³/mol. The van der Waals surface area contributed by atoms with E-state index in [0.717, 1.165) is 12.1 Å². The van der Waals surface area contributed by atoms with Crippen molar-refractivity contribution in [3.05, 3.63) is 53.7 Å². The van der Waals surface area contributed by atoms with Gasteiger partial charge in [-0.2, -0.15) is 4.57 Å². The summed E-state index contributed by atoms with van der Waals surface area (Å²) < 4.78 is 2.17. The smallest absolute Gasteiger partial charge is 0.213 e. The molecular formula is C16H16NO+. The minimum absolute atomic E-state index is 0.0485. The van der Waals surface area contributed by atoms with Crippen molar-refractivity contribution < 1.29 is 9.36 Å². The molecule has 1 aromatic carbocycles. The molecule has 2 nitrogen and oxygen atoms in total. The number of aromatic nitrogens is 1. The van der Waals surface area contributed by atoms with Crippen LogP contribution in [0, 0.1) is 5.92 Å². The van der Waals surface area contributed by atoms with Gasteiger partial charge in [-0.25, -0.2) is 0 Å². The molecule has 90 valence electrons. The van der Waals surface area contributed by atoms with Crippen LogP contribution in [0.15, 0.2) is 42.6 Å². The summed E-state index contributed by atoms with van der Waals surface area (Å²) >= 11 is 0. The lowest BCUT2D eigenvalue weighted by atomic mass is 10.0. The summed E-state index contributed by atoms with van der Waals surface area (Å²) in [5, 5.41) is 0. The van der Waals surface area contributed by atoms with Crippen LogP contribution in [-0.4, -0.2) is 5.78 Å². The van der Waals surface area contributed by atoms with Crippen LogP contribution in [0.4, 0.5) is 0 Å². The number of ketones is 1. The molecule has 1 aliphatic rings. The standard InChI is InChI=1S/C16H16NO/c1-11(2)16(18)13-7-8-15-14-6-4-3-5-12(14)9-17(15)10-13/h3-8,10-11H,9H2,1-2H3/q+1. The summed E-state index contributed by atoms with van der Waals surface area (Å²) in [6.07, 6.45) is 1.98. The number of fused-ring (bicyclic) bond motifs is 3. The Hall–Kier alpha value is -1.96. The van der Waals surface area contributed by atoms with Gasteiger partial charge in [-0.1, -0.05) is 32.0 Å². The number of Topliss-reactive ketones (excluding diaryl/α,β-unsaturated/α-hetero) is 1. The van der Waals surface area contributed by atoms with E-state index in [9.17, 15) is 4.79 Å². The molecule has 1 aliphatic heterocycles. The largest absolute Gasteiger partial charge is 0.294 e. The van der Waals surface area contributed by atoms with Gasteiger partial charge in [0.1, 0.15) is 0 Å². The highest BCUT2D eigenvalue weighted by molar-refractivity contribution is 5.97. The normalized spacial score (nSPS) is 12.4. The van der Waals surface area contributed by atoms with Crippen LogP contribution in [-0.2, 0) is 6.54 Å². The van der Waals surface area contributed by atoms with Crippen LogP contribution < -0.4 is 4.57 Å². The highest BCUT2D eigenvalue weighted by Crippen LogP contribution is 2.26. The van der Waals surface area contributed by atoms with Gasteiger partial charge in [-0.05, 0) is 12.1 Å². The minimum atomic E-state index is 0.0485. The average molecular weight is 238 g/mol. The molecule has 0 spiro atoms. The topological polar surface area (TPSA) is 20.9 Å². The molecule has 0 unspecified atom stereocenters. The quantitative estimate of drug-likeness (QED) is 0.497. The fourth-order valence-corrected chi connectivity index (χ4v) is 2.49. The Morgan fingerprint density at radius 3 is 2.72 bits per heavy atom. The molecule has 2 heterocycles. The fraction of sp³-hybridized carbons (Fsp3) is 0.250. The van der Waals surface area contributed by atoms with Crippen molar-refractivity contribution in [2.45, 2.75) is 20.4 Å². The Bertz CT molecular complexity index is 629. The number of benzene rings is 1. The minimum Gasteiger partial charge on any atom is -0.294 e. The third-order valence-electron chi connectivity index (χ3n) is 3.47. The zero-order chi connectivity index (χ0) is 12.7. The Labute approximate surface area is 107 Å². The summed E-state index contributed by atoms with van der Waals surface area (Å²) in [6.45, 7) is 4.74. The summed E-state index contributed by atoms with van der Waals surface area (Å²) in [5.74, 6) is 0.258. The lowest BCUT2D eigenvalue weighted by Gasteiger charge is -2.02. The van der Waals surface area contributed by atoms with Gasteiger partial charge in [-0.15, -0.1) is 0 Å². The van der Waals surface area contributed by atoms with Crippen LogP contribution in [0.2, 0.25) is 0 Å². The molecule has 0 fully saturated rings. The molecule has 0 radical (unpaired) electrons. The monoisotopic (exact) mass is 238 g/mol. The SMILES string of the molecule is CC(C)C(=O)c1ccc2[n+](c1)Cc1ccccc1-2. The summed E-state index contributed by atoms with van der Waals surface area (Å²) in [7, 11) is 0. The molecule has 0 saturated carbocycles. The molecule has 0 amide bonds. The first-order valence-corrected chi connectivity index (χ1v) is 6.33. The maximum atomic E-state index is 12.0. The van der Waals surface area contributed by atoms with Crippen molar-refractivity contribution in [3.63, 3.8) is 0 Å². The molecule has 18 heavy (non-hydrogen) atoms. The van der Waals surface area contributed by atoms with Crippen molar-refractivity contribution in [2.75, 3.05) is 0 Å². The van der Waals surface area contributed by atoms with E-state index in [4.69, 9.17) is 0 Å².